The maximum atomic E-state index is 12.3. The van der Waals surface area contributed by atoms with Gasteiger partial charge in [0.2, 0.25) is 5.91 Å². The molecule has 23 heavy (non-hydrogen) atoms. The maximum absolute atomic E-state index is 12.3. The Morgan fingerprint density at radius 1 is 1.22 bits per heavy atom. The monoisotopic (exact) mass is 325 g/mol. The minimum atomic E-state index is -0.0156. The van der Waals surface area contributed by atoms with E-state index in [-0.39, 0.29) is 11.4 Å². The molecule has 2 aliphatic rings. The van der Waals surface area contributed by atoms with E-state index < -0.39 is 0 Å². The maximum Gasteiger partial charge on any atom is 0.234 e. The van der Waals surface area contributed by atoms with Crippen LogP contribution >= 0.6 is 0 Å². The van der Waals surface area contributed by atoms with E-state index in [0.29, 0.717) is 19.1 Å². The largest absolute Gasteiger partial charge is 0.379 e. The van der Waals surface area contributed by atoms with Crippen molar-refractivity contribution in [2.24, 2.45) is 5.92 Å². The van der Waals surface area contributed by atoms with Gasteiger partial charge in [-0.1, -0.05) is 6.92 Å². The van der Waals surface area contributed by atoms with Gasteiger partial charge in [-0.3, -0.25) is 14.6 Å². The fourth-order valence-electron chi connectivity index (χ4n) is 3.69. The fraction of sp³-hybridized carbons (Fsp3) is 0.944. The van der Waals surface area contributed by atoms with Gasteiger partial charge in [-0.2, -0.15) is 0 Å². The van der Waals surface area contributed by atoms with Crippen LogP contribution in [0.15, 0.2) is 0 Å². The van der Waals surface area contributed by atoms with Crippen LogP contribution in [0.1, 0.15) is 46.5 Å². The molecule has 2 rings (SSSR count). The summed E-state index contributed by atoms with van der Waals surface area (Å²) in [5, 5.41) is 3.14. The zero-order chi connectivity index (χ0) is 16.9. The molecule has 5 heteroatoms. The van der Waals surface area contributed by atoms with Gasteiger partial charge >= 0.3 is 0 Å². The van der Waals surface area contributed by atoms with Crippen LogP contribution in [-0.4, -0.2) is 73.7 Å². The normalized spacial score (nSPS) is 27.2. The lowest BCUT2D eigenvalue weighted by atomic mass is 9.87. The number of hydrogen-bond donors (Lipinski definition) is 1. The van der Waals surface area contributed by atoms with Gasteiger partial charge in [0.15, 0.2) is 0 Å². The van der Waals surface area contributed by atoms with Gasteiger partial charge in [0.25, 0.3) is 0 Å². The molecule has 0 spiro atoms. The highest BCUT2D eigenvalue weighted by Crippen LogP contribution is 2.26. The lowest BCUT2D eigenvalue weighted by Crippen LogP contribution is -2.56. The van der Waals surface area contributed by atoms with Gasteiger partial charge in [-0.05, 0) is 52.5 Å². The first-order chi connectivity index (χ1) is 10.9. The molecule has 0 aromatic rings. The zero-order valence-electron chi connectivity index (χ0n) is 15.4. The lowest BCUT2D eigenvalue weighted by Gasteiger charge is -2.41. The number of carbonyl (C=O) groups is 1. The van der Waals surface area contributed by atoms with Crippen LogP contribution in [0.3, 0.4) is 0 Å². The van der Waals surface area contributed by atoms with Crippen molar-refractivity contribution in [1.82, 2.24) is 15.1 Å². The summed E-state index contributed by atoms with van der Waals surface area (Å²) in [5.41, 5.74) is -0.0156. The third-order valence-electron chi connectivity index (χ3n) is 5.59. The first kappa shape index (κ1) is 18.7. The second-order valence-corrected chi connectivity index (χ2v) is 8.02. The molecular formula is C18H35N3O2. The Hall–Kier alpha value is -0.650. The van der Waals surface area contributed by atoms with Crippen LogP contribution in [0.5, 0.6) is 0 Å². The highest BCUT2D eigenvalue weighted by Gasteiger charge is 2.29. The average Bonchev–Trinajstić information content (AvgIpc) is 2.54. The van der Waals surface area contributed by atoms with E-state index in [1.807, 2.05) is 0 Å². The number of hydrogen-bond acceptors (Lipinski definition) is 4. The average molecular weight is 325 g/mol. The Kier molecular flexibility index (Phi) is 6.86. The minimum Gasteiger partial charge on any atom is -0.379 e. The van der Waals surface area contributed by atoms with Crippen molar-refractivity contribution in [3.8, 4) is 0 Å². The number of amides is 1. The number of rotatable bonds is 6. The van der Waals surface area contributed by atoms with E-state index in [4.69, 9.17) is 4.74 Å². The van der Waals surface area contributed by atoms with E-state index in [1.54, 1.807) is 0 Å². The molecule has 1 amide bonds. The molecule has 0 aromatic carbocycles. The Morgan fingerprint density at radius 2 is 1.83 bits per heavy atom. The van der Waals surface area contributed by atoms with Crippen molar-refractivity contribution in [3.63, 3.8) is 0 Å². The summed E-state index contributed by atoms with van der Waals surface area (Å²) in [6.07, 6.45) is 5.04. The van der Waals surface area contributed by atoms with Crippen LogP contribution < -0.4 is 5.32 Å². The summed E-state index contributed by atoms with van der Waals surface area (Å²) in [6.45, 7) is 11.4. The SMILES string of the molecule is CC1CCC(N(C)CC(=O)NCC(C)(C)N2CCOCC2)CC1. The van der Waals surface area contributed by atoms with Crippen molar-refractivity contribution < 1.29 is 9.53 Å². The van der Waals surface area contributed by atoms with E-state index >= 15 is 0 Å². The van der Waals surface area contributed by atoms with Gasteiger partial charge < -0.3 is 10.1 Å². The summed E-state index contributed by atoms with van der Waals surface area (Å²) in [5.74, 6) is 0.996. The Morgan fingerprint density at radius 3 is 2.43 bits per heavy atom. The first-order valence-electron chi connectivity index (χ1n) is 9.18. The molecule has 0 atom stereocenters. The Labute approximate surface area is 141 Å². The molecule has 1 N–H and O–H groups in total. The number of ether oxygens (including phenoxy) is 1. The number of morpholine rings is 1. The van der Waals surface area contributed by atoms with Gasteiger partial charge in [0.05, 0.1) is 19.8 Å². The molecule has 1 saturated carbocycles. The lowest BCUT2D eigenvalue weighted by molar-refractivity contribution is -0.123. The van der Waals surface area contributed by atoms with Gasteiger partial charge in [-0.25, -0.2) is 0 Å². The van der Waals surface area contributed by atoms with Crippen LogP contribution in [0, 0.1) is 5.92 Å². The van der Waals surface area contributed by atoms with Crippen LogP contribution in [0.2, 0.25) is 0 Å². The summed E-state index contributed by atoms with van der Waals surface area (Å²) >= 11 is 0. The molecular weight excluding hydrogens is 290 g/mol. The summed E-state index contributed by atoms with van der Waals surface area (Å²) < 4.78 is 5.41. The first-order valence-corrected chi connectivity index (χ1v) is 9.18. The molecule has 0 unspecified atom stereocenters. The predicted octanol–water partition coefficient (Wildman–Crippen LogP) is 1.72. The third kappa shape index (κ3) is 5.73. The van der Waals surface area contributed by atoms with Crippen molar-refractivity contribution in [3.05, 3.63) is 0 Å². The van der Waals surface area contributed by atoms with Crippen LogP contribution in [0.4, 0.5) is 0 Å². The van der Waals surface area contributed by atoms with Crippen LogP contribution in [-0.2, 0) is 9.53 Å². The quantitative estimate of drug-likeness (QED) is 0.808. The van der Waals surface area contributed by atoms with E-state index in [9.17, 15) is 4.79 Å². The molecule has 0 bridgehead atoms. The number of carbonyl (C=O) groups excluding carboxylic acids is 1. The molecule has 1 aliphatic heterocycles. The highest BCUT2D eigenvalue weighted by molar-refractivity contribution is 5.78. The minimum absolute atomic E-state index is 0.0156. The van der Waals surface area contributed by atoms with Gasteiger partial charge in [0.1, 0.15) is 0 Å². The highest BCUT2D eigenvalue weighted by atomic mass is 16.5. The summed E-state index contributed by atoms with van der Waals surface area (Å²) in [4.78, 5) is 16.9. The van der Waals surface area contributed by atoms with Crippen molar-refractivity contribution in [2.45, 2.75) is 58.0 Å². The summed E-state index contributed by atoms with van der Waals surface area (Å²) in [7, 11) is 2.09. The Bertz CT molecular complexity index is 372. The molecule has 0 radical (unpaired) electrons. The van der Waals surface area contributed by atoms with E-state index in [2.05, 4.69) is 42.9 Å². The number of likely N-dealkylation sites (N-methyl/N-ethyl adjacent to an activating group) is 1. The van der Waals surface area contributed by atoms with Crippen molar-refractivity contribution in [2.75, 3.05) is 46.4 Å². The molecule has 0 aromatic heterocycles. The smallest absolute Gasteiger partial charge is 0.234 e. The van der Waals surface area contributed by atoms with Crippen molar-refractivity contribution >= 4 is 5.91 Å². The fourth-order valence-corrected chi connectivity index (χ4v) is 3.69. The molecule has 1 heterocycles. The standard InChI is InChI=1S/C18H35N3O2/c1-15-5-7-16(8-6-15)20(4)13-17(22)19-14-18(2,3)21-9-11-23-12-10-21/h15-16H,5-14H2,1-4H3,(H,19,22). The van der Waals surface area contributed by atoms with Gasteiger partial charge in [-0.15, -0.1) is 0 Å². The Balaban J connectivity index is 1.71. The molecule has 1 saturated heterocycles. The van der Waals surface area contributed by atoms with E-state index in [0.717, 1.165) is 32.2 Å². The second-order valence-electron chi connectivity index (χ2n) is 8.02. The number of nitrogens with zero attached hydrogens (tertiary/aromatic N) is 2. The summed E-state index contributed by atoms with van der Waals surface area (Å²) in [6, 6.07) is 0.573. The predicted molar refractivity (Wildman–Crippen MR) is 93.5 cm³/mol. The van der Waals surface area contributed by atoms with Gasteiger partial charge in [0, 0.05) is 31.2 Å². The van der Waals surface area contributed by atoms with Crippen LogP contribution in [0.25, 0.3) is 0 Å². The number of nitrogens with one attached hydrogen (secondary N) is 1. The molecule has 2 fully saturated rings. The molecule has 134 valence electrons. The second kappa shape index (κ2) is 8.45. The zero-order valence-corrected chi connectivity index (χ0v) is 15.4. The molecule has 1 aliphatic carbocycles. The van der Waals surface area contributed by atoms with Crippen molar-refractivity contribution in [1.29, 1.82) is 0 Å². The third-order valence-corrected chi connectivity index (χ3v) is 5.59. The van der Waals surface area contributed by atoms with E-state index in [1.165, 1.54) is 25.7 Å². The topological polar surface area (TPSA) is 44.8 Å². The molecule has 5 nitrogen and oxygen atoms in total.